The molecular weight excluding hydrogens is 411 g/mol. The quantitative estimate of drug-likeness (QED) is 0.701. The van der Waals surface area contributed by atoms with Gasteiger partial charge in [-0.1, -0.05) is 42.5 Å². The smallest absolute Gasteiger partial charge is 0.414 e. The van der Waals surface area contributed by atoms with Crippen LogP contribution in [0.1, 0.15) is 42.7 Å². The van der Waals surface area contributed by atoms with E-state index >= 15 is 0 Å². The fourth-order valence-corrected chi connectivity index (χ4v) is 4.68. The first kappa shape index (κ1) is 23.9. The van der Waals surface area contributed by atoms with Crippen LogP contribution in [0.4, 0.5) is 4.39 Å². The van der Waals surface area contributed by atoms with Crippen LogP contribution in [0.2, 0.25) is 0 Å². The average molecular weight is 443 g/mol. The second kappa shape index (κ2) is 11.7. The van der Waals surface area contributed by atoms with Gasteiger partial charge in [-0.2, -0.15) is 0 Å². The van der Waals surface area contributed by atoms with Gasteiger partial charge in [-0.3, -0.25) is 9.80 Å². The number of carboxylic acid groups (broad SMARTS) is 2. The molecule has 1 aliphatic heterocycles. The van der Waals surface area contributed by atoms with Crippen LogP contribution in [-0.2, 0) is 16.1 Å². The van der Waals surface area contributed by atoms with Crippen molar-refractivity contribution >= 4 is 11.9 Å². The van der Waals surface area contributed by atoms with E-state index in [0.717, 1.165) is 50.2 Å². The van der Waals surface area contributed by atoms with E-state index in [9.17, 15) is 4.39 Å². The van der Waals surface area contributed by atoms with Gasteiger partial charge >= 0.3 is 11.9 Å². The highest BCUT2D eigenvalue weighted by Gasteiger charge is 2.28. The molecule has 0 unspecified atom stereocenters. The van der Waals surface area contributed by atoms with Gasteiger partial charge in [-0.05, 0) is 54.9 Å². The van der Waals surface area contributed by atoms with Gasteiger partial charge in [0.25, 0.3) is 0 Å². The summed E-state index contributed by atoms with van der Waals surface area (Å²) in [4.78, 5) is 23.4. The van der Waals surface area contributed by atoms with Crippen molar-refractivity contribution < 1.29 is 24.2 Å². The van der Waals surface area contributed by atoms with Gasteiger partial charge in [0.05, 0.1) is 0 Å². The second-order valence-corrected chi connectivity index (χ2v) is 8.47. The first-order chi connectivity index (χ1) is 15.4. The molecule has 172 valence electrons. The Morgan fingerprint density at radius 2 is 1.47 bits per heavy atom. The zero-order valence-electron chi connectivity index (χ0n) is 18.2. The Bertz CT molecular complexity index is 865. The monoisotopic (exact) mass is 442 g/mol. The van der Waals surface area contributed by atoms with Crippen molar-refractivity contribution in [2.24, 2.45) is 0 Å². The van der Waals surface area contributed by atoms with Crippen LogP contribution in [-0.4, -0.2) is 64.2 Å². The fraction of sp³-hybridized carbons (Fsp3) is 0.440. The molecule has 2 aromatic rings. The van der Waals surface area contributed by atoms with E-state index in [1.165, 1.54) is 37.3 Å². The van der Waals surface area contributed by atoms with E-state index in [1.807, 2.05) is 12.1 Å². The minimum absolute atomic E-state index is 0.128. The number of carbonyl (C=O) groups is 2. The summed E-state index contributed by atoms with van der Waals surface area (Å²) in [5.41, 5.74) is 2.60. The molecule has 1 saturated carbocycles. The zero-order valence-corrected chi connectivity index (χ0v) is 18.2. The van der Waals surface area contributed by atoms with Crippen molar-refractivity contribution in [3.63, 3.8) is 0 Å². The maximum Gasteiger partial charge on any atom is 0.414 e. The number of halogens is 1. The molecule has 1 aliphatic carbocycles. The Balaban J connectivity index is 0.000000427. The van der Waals surface area contributed by atoms with Crippen LogP contribution in [0.5, 0.6) is 0 Å². The summed E-state index contributed by atoms with van der Waals surface area (Å²) in [6.45, 7) is 5.35. The molecule has 7 heteroatoms. The topological polar surface area (TPSA) is 81.1 Å². The van der Waals surface area contributed by atoms with Crippen LogP contribution >= 0.6 is 0 Å². The SMILES string of the molecule is Fc1cccc(CN2CCN(C3CCC(c4ccccc4)CC3)CC2)c1.O=C(O)C(=O)O. The lowest BCUT2D eigenvalue weighted by Crippen LogP contribution is -2.50. The zero-order chi connectivity index (χ0) is 22.9. The van der Waals surface area contributed by atoms with Crippen molar-refractivity contribution in [2.45, 2.75) is 44.2 Å². The van der Waals surface area contributed by atoms with E-state index < -0.39 is 11.9 Å². The van der Waals surface area contributed by atoms with Gasteiger partial charge in [0.1, 0.15) is 5.82 Å². The fourth-order valence-electron chi connectivity index (χ4n) is 4.68. The summed E-state index contributed by atoms with van der Waals surface area (Å²) in [6.07, 6.45) is 5.28. The molecule has 0 aromatic heterocycles. The minimum Gasteiger partial charge on any atom is -0.473 e. The highest BCUT2D eigenvalue weighted by Crippen LogP contribution is 2.35. The van der Waals surface area contributed by atoms with Crippen molar-refractivity contribution in [3.05, 3.63) is 71.5 Å². The Hall–Kier alpha value is -2.77. The van der Waals surface area contributed by atoms with Crippen LogP contribution < -0.4 is 0 Å². The molecule has 0 spiro atoms. The van der Waals surface area contributed by atoms with Crippen LogP contribution in [0, 0.1) is 5.82 Å². The van der Waals surface area contributed by atoms with E-state index in [0.29, 0.717) is 0 Å². The third kappa shape index (κ3) is 7.14. The molecule has 6 nitrogen and oxygen atoms in total. The first-order valence-corrected chi connectivity index (χ1v) is 11.1. The summed E-state index contributed by atoms with van der Waals surface area (Å²) < 4.78 is 13.4. The Morgan fingerprint density at radius 1 is 0.844 bits per heavy atom. The van der Waals surface area contributed by atoms with Gasteiger partial charge in [0.15, 0.2) is 0 Å². The number of carboxylic acids is 2. The summed E-state index contributed by atoms with van der Waals surface area (Å²) >= 11 is 0. The summed E-state index contributed by atoms with van der Waals surface area (Å²) in [6, 6.07) is 18.8. The molecule has 1 heterocycles. The number of aliphatic carboxylic acids is 2. The molecule has 0 amide bonds. The lowest BCUT2D eigenvalue weighted by Gasteiger charge is -2.42. The minimum atomic E-state index is -1.82. The summed E-state index contributed by atoms with van der Waals surface area (Å²) in [5.74, 6) is -3.02. The normalized spacial score (nSPS) is 21.9. The van der Waals surface area contributed by atoms with Crippen LogP contribution in [0.25, 0.3) is 0 Å². The maximum atomic E-state index is 13.4. The van der Waals surface area contributed by atoms with E-state index in [-0.39, 0.29) is 5.82 Å². The molecule has 1 saturated heterocycles. The number of nitrogens with zero attached hydrogens (tertiary/aromatic N) is 2. The van der Waals surface area contributed by atoms with Gasteiger partial charge in [0.2, 0.25) is 0 Å². The van der Waals surface area contributed by atoms with E-state index in [1.54, 1.807) is 6.07 Å². The Kier molecular flexibility index (Phi) is 8.76. The van der Waals surface area contributed by atoms with E-state index in [2.05, 4.69) is 40.1 Å². The Morgan fingerprint density at radius 3 is 2.03 bits per heavy atom. The number of benzene rings is 2. The molecule has 4 rings (SSSR count). The van der Waals surface area contributed by atoms with Gasteiger partial charge in [-0.15, -0.1) is 0 Å². The van der Waals surface area contributed by atoms with Gasteiger partial charge < -0.3 is 10.2 Å². The predicted molar refractivity (Wildman–Crippen MR) is 120 cm³/mol. The highest BCUT2D eigenvalue weighted by atomic mass is 19.1. The molecule has 0 bridgehead atoms. The first-order valence-electron chi connectivity index (χ1n) is 11.1. The van der Waals surface area contributed by atoms with Gasteiger partial charge in [0, 0.05) is 38.8 Å². The molecular formula is C25H31FN2O4. The predicted octanol–water partition coefficient (Wildman–Crippen LogP) is 3.83. The maximum absolute atomic E-state index is 13.4. The molecule has 2 fully saturated rings. The lowest BCUT2D eigenvalue weighted by atomic mass is 9.81. The van der Waals surface area contributed by atoms with E-state index in [4.69, 9.17) is 19.8 Å². The van der Waals surface area contributed by atoms with Crippen molar-refractivity contribution in [2.75, 3.05) is 26.2 Å². The van der Waals surface area contributed by atoms with Gasteiger partial charge in [-0.25, -0.2) is 14.0 Å². The second-order valence-electron chi connectivity index (χ2n) is 8.47. The number of hydrogen-bond donors (Lipinski definition) is 2. The third-order valence-electron chi connectivity index (χ3n) is 6.37. The average Bonchev–Trinajstić information content (AvgIpc) is 2.81. The van der Waals surface area contributed by atoms with Crippen molar-refractivity contribution in [3.8, 4) is 0 Å². The number of piperazine rings is 1. The van der Waals surface area contributed by atoms with Crippen molar-refractivity contribution in [1.29, 1.82) is 0 Å². The molecule has 2 aliphatic rings. The van der Waals surface area contributed by atoms with Crippen LogP contribution in [0.3, 0.4) is 0 Å². The molecule has 0 atom stereocenters. The molecule has 2 aromatic carbocycles. The summed E-state index contributed by atoms with van der Waals surface area (Å²) in [5, 5.41) is 14.8. The summed E-state index contributed by atoms with van der Waals surface area (Å²) in [7, 11) is 0. The third-order valence-corrected chi connectivity index (χ3v) is 6.37. The number of rotatable bonds is 4. The highest BCUT2D eigenvalue weighted by molar-refractivity contribution is 6.27. The van der Waals surface area contributed by atoms with Crippen molar-refractivity contribution in [1.82, 2.24) is 9.80 Å². The standard InChI is InChI=1S/C23H29FN2.C2H2O4/c24-22-8-4-5-19(17-22)18-25-13-15-26(16-14-25)23-11-9-21(10-12-23)20-6-2-1-3-7-20;3-1(4)2(5)6/h1-8,17,21,23H,9-16,18H2;(H,3,4)(H,5,6). The molecule has 0 radical (unpaired) electrons. The molecule has 32 heavy (non-hydrogen) atoms. The lowest BCUT2D eigenvalue weighted by molar-refractivity contribution is -0.159. The number of hydrogen-bond acceptors (Lipinski definition) is 4. The van der Waals surface area contributed by atoms with Crippen LogP contribution in [0.15, 0.2) is 54.6 Å². The Labute approximate surface area is 188 Å². The molecule has 2 N–H and O–H groups in total. The largest absolute Gasteiger partial charge is 0.473 e.